The molecule has 0 radical (unpaired) electrons. The lowest BCUT2D eigenvalue weighted by Gasteiger charge is -2.22. The van der Waals surface area contributed by atoms with Crippen LogP contribution in [0.25, 0.3) is 0 Å². The molecule has 0 spiro atoms. The highest BCUT2D eigenvalue weighted by Crippen LogP contribution is 2.07. The second-order valence-electron chi connectivity index (χ2n) is 5.48. The molecule has 2 N–H and O–H groups in total. The predicted octanol–water partition coefficient (Wildman–Crippen LogP) is 1.60. The quantitative estimate of drug-likeness (QED) is 0.580. The summed E-state index contributed by atoms with van der Waals surface area (Å²) in [6.07, 6.45) is -0.0668. The van der Waals surface area contributed by atoms with E-state index >= 15 is 0 Å². The Balaban J connectivity index is 4.26. The average molecular weight is 260 g/mol. The van der Waals surface area contributed by atoms with Gasteiger partial charge in [-0.25, -0.2) is 10.2 Å². The molecular formula is C12H24N2O4. The normalized spacial score (nSPS) is 13.1. The van der Waals surface area contributed by atoms with E-state index in [0.717, 1.165) is 0 Å². The second-order valence-corrected chi connectivity index (χ2v) is 5.48. The van der Waals surface area contributed by atoms with Crippen molar-refractivity contribution in [1.82, 2.24) is 10.9 Å². The van der Waals surface area contributed by atoms with Crippen LogP contribution < -0.4 is 10.9 Å². The molecule has 0 aromatic heterocycles. The molecule has 0 aromatic rings. The van der Waals surface area contributed by atoms with E-state index in [-0.39, 0.29) is 0 Å². The Morgan fingerprint density at radius 1 is 1.22 bits per heavy atom. The van der Waals surface area contributed by atoms with E-state index in [0.29, 0.717) is 12.3 Å². The highest BCUT2D eigenvalue weighted by atomic mass is 16.6. The van der Waals surface area contributed by atoms with Gasteiger partial charge in [0, 0.05) is 0 Å². The highest BCUT2D eigenvalue weighted by Gasteiger charge is 2.22. The second kappa shape index (κ2) is 7.20. The van der Waals surface area contributed by atoms with E-state index in [4.69, 9.17) is 4.74 Å². The van der Waals surface area contributed by atoms with Gasteiger partial charge in [0.25, 0.3) is 0 Å². The monoisotopic (exact) mass is 260 g/mol. The molecule has 0 aliphatic carbocycles. The Morgan fingerprint density at radius 2 is 1.78 bits per heavy atom. The van der Waals surface area contributed by atoms with E-state index in [9.17, 15) is 9.59 Å². The van der Waals surface area contributed by atoms with Crippen LogP contribution in [-0.2, 0) is 14.3 Å². The number of nitrogens with one attached hydrogen (secondary N) is 2. The molecule has 0 bridgehead atoms. The summed E-state index contributed by atoms with van der Waals surface area (Å²) >= 11 is 0. The van der Waals surface area contributed by atoms with E-state index in [2.05, 4.69) is 15.6 Å². The number of hydrazine groups is 1. The lowest BCUT2D eigenvalue weighted by Crippen LogP contribution is -2.50. The van der Waals surface area contributed by atoms with Gasteiger partial charge < -0.3 is 9.47 Å². The number of carbonyl (C=O) groups excluding carboxylic acids is 2. The first-order valence-corrected chi connectivity index (χ1v) is 5.98. The lowest BCUT2D eigenvalue weighted by molar-refractivity contribution is -0.143. The Labute approximate surface area is 108 Å². The standard InChI is InChI=1S/C12H24N2O4/c1-8(2)7-9(10(15)17-6)13-14-11(16)18-12(3,4)5/h8-9,13H,7H2,1-6H3,(H,14,16)/t9-/m1/s1. The molecule has 6 heteroatoms. The number of carbonyl (C=O) groups is 2. The van der Waals surface area contributed by atoms with Gasteiger partial charge in [-0.05, 0) is 33.1 Å². The number of amides is 1. The summed E-state index contributed by atoms with van der Waals surface area (Å²) in [5.41, 5.74) is 4.39. The SMILES string of the molecule is COC(=O)[C@@H](CC(C)C)NNC(=O)OC(C)(C)C. The zero-order valence-corrected chi connectivity index (χ0v) is 12.0. The molecule has 106 valence electrons. The molecule has 0 saturated heterocycles. The van der Waals surface area contributed by atoms with Crippen molar-refractivity contribution in [2.45, 2.75) is 52.7 Å². The molecule has 0 aliphatic rings. The molecular weight excluding hydrogens is 236 g/mol. The third kappa shape index (κ3) is 7.89. The van der Waals surface area contributed by atoms with Crippen molar-refractivity contribution in [3.63, 3.8) is 0 Å². The van der Waals surface area contributed by atoms with Crippen LogP contribution in [0.3, 0.4) is 0 Å². The zero-order valence-electron chi connectivity index (χ0n) is 12.0. The van der Waals surface area contributed by atoms with Crippen molar-refractivity contribution in [3.8, 4) is 0 Å². The minimum atomic E-state index is -0.625. The summed E-state index contributed by atoms with van der Waals surface area (Å²) < 4.78 is 9.69. The van der Waals surface area contributed by atoms with E-state index in [1.54, 1.807) is 20.8 Å². The van der Waals surface area contributed by atoms with Gasteiger partial charge in [0.1, 0.15) is 11.6 Å². The molecule has 0 heterocycles. The Bertz CT molecular complexity index is 284. The van der Waals surface area contributed by atoms with Crippen molar-refractivity contribution < 1.29 is 19.1 Å². The van der Waals surface area contributed by atoms with E-state index in [1.165, 1.54) is 7.11 Å². The fourth-order valence-electron chi connectivity index (χ4n) is 1.28. The summed E-state index contributed by atoms with van der Waals surface area (Å²) in [7, 11) is 1.31. The molecule has 0 saturated carbocycles. The van der Waals surface area contributed by atoms with Crippen LogP contribution in [0, 0.1) is 5.92 Å². The minimum Gasteiger partial charge on any atom is -0.468 e. The molecule has 6 nitrogen and oxygen atoms in total. The summed E-state index contributed by atoms with van der Waals surface area (Å²) in [4.78, 5) is 22.9. The summed E-state index contributed by atoms with van der Waals surface area (Å²) in [5.74, 6) is -0.123. The van der Waals surface area contributed by atoms with Crippen LogP contribution >= 0.6 is 0 Å². The third-order valence-electron chi connectivity index (χ3n) is 1.94. The summed E-state index contributed by atoms with van der Waals surface area (Å²) in [6, 6.07) is -0.581. The van der Waals surface area contributed by atoms with Crippen LogP contribution in [-0.4, -0.2) is 30.8 Å². The van der Waals surface area contributed by atoms with Crippen molar-refractivity contribution >= 4 is 12.1 Å². The maximum atomic E-state index is 11.5. The van der Waals surface area contributed by atoms with Crippen LogP contribution in [0.2, 0.25) is 0 Å². The molecule has 0 aliphatic heterocycles. The number of methoxy groups -OCH3 is 1. The third-order valence-corrected chi connectivity index (χ3v) is 1.94. The lowest BCUT2D eigenvalue weighted by atomic mass is 10.0. The average Bonchev–Trinajstić information content (AvgIpc) is 2.20. The van der Waals surface area contributed by atoms with Crippen molar-refractivity contribution in [3.05, 3.63) is 0 Å². The molecule has 1 atom stereocenters. The van der Waals surface area contributed by atoms with Gasteiger partial charge >= 0.3 is 12.1 Å². The predicted molar refractivity (Wildman–Crippen MR) is 67.8 cm³/mol. The number of esters is 1. The van der Waals surface area contributed by atoms with Gasteiger partial charge in [-0.15, -0.1) is 0 Å². The van der Waals surface area contributed by atoms with Crippen LogP contribution in [0.1, 0.15) is 41.0 Å². The van der Waals surface area contributed by atoms with E-state index in [1.807, 2.05) is 13.8 Å². The molecule has 0 aromatic carbocycles. The first kappa shape index (κ1) is 16.7. The van der Waals surface area contributed by atoms with Gasteiger partial charge in [0.2, 0.25) is 0 Å². The van der Waals surface area contributed by atoms with Gasteiger partial charge in [-0.2, -0.15) is 0 Å². The number of rotatable bonds is 5. The fraction of sp³-hybridized carbons (Fsp3) is 0.833. The summed E-state index contributed by atoms with van der Waals surface area (Å²) in [6.45, 7) is 9.24. The minimum absolute atomic E-state index is 0.294. The summed E-state index contributed by atoms with van der Waals surface area (Å²) in [5, 5.41) is 0. The molecule has 1 amide bonds. The van der Waals surface area contributed by atoms with Gasteiger partial charge in [0.15, 0.2) is 0 Å². The smallest absolute Gasteiger partial charge is 0.422 e. The first-order chi connectivity index (χ1) is 8.15. The topological polar surface area (TPSA) is 76.7 Å². The zero-order chi connectivity index (χ0) is 14.3. The van der Waals surface area contributed by atoms with E-state index < -0.39 is 23.7 Å². The van der Waals surface area contributed by atoms with Crippen molar-refractivity contribution in [1.29, 1.82) is 0 Å². The molecule has 0 fully saturated rings. The fourth-order valence-corrected chi connectivity index (χ4v) is 1.28. The molecule has 0 rings (SSSR count). The van der Waals surface area contributed by atoms with Crippen molar-refractivity contribution in [2.24, 2.45) is 5.92 Å². The van der Waals surface area contributed by atoms with Crippen LogP contribution in [0.4, 0.5) is 4.79 Å². The number of hydrogen-bond acceptors (Lipinski definition) is 5. The maximum absolute atomic E-state index is 11.5. The highest BCUT2D eigenvalue weighted by molar-refractivity contribution is 5.76. The van der Waals surface area contributed by atoms with Crippen molar-refractivity contribution in [2.75, 3.05) is 7.11 Å². The van der Waals surface area contributed by atoms with Crippen LogP contribution in [0.5, 0.6) is 0 Å². The Kier molecular flexibility index (Phi) is 6.68. The molecule has 0 unspecified atom stereocenters. The largest absolute Gasteiger partial charge is 0.468 e. The number of hydrogen-bond donors (Lipinski definition) is 2. The first-order valence-electron chi connectivity index (χ1n) is 5.98. The Morgan fingerprint density at radius 3 is 2.17 bits per heavy atom. The van der Waals surface area contributed by atoms with Gasteiger partial charge in [-0.3, -0.25) is 10.2 Å². The maximum Gasteiger partial charge on any atom is 0.422 e. The van der Waals surface area contributed by atoms with Gasteiger partial charge in [-0.1, -0.05) is 13.8 Å². The molecule has 18 heavy (non-hydrogen) atoms. The number of ether oxygens (including phenoxy) is 2. The van der Waals surface area contributed by atoms with Crippen LogP contribution in [0.15, 0.2) is 0 Å². The van der Waals surface area contributed by atoms with Gasteiger partial charge in [0.05, 0.1) is 7.11 Å². The Hall–Kier alpha value is -1.30.